The van der Waals surface area contributed by atoms with E-state index in [0.29, 0.717) is 0 Å². The summed E-state index contributed by atoms with van der Waals surface area (Å²) in [4.78, 5) is 0. The number of aryl methyl sites for hydroxylation is 1. The predicted molar refractivity (Wildman–Crippen MR) is 74.6 cm³/mol. The van der Waals surface area contributed by atoms with Gasteiger partial charge in [-0.3, -0.25) is 0 Å². The van der Waals surface area contributed by atoms with E-state index in [-0.39, 0.29) is 6.04 Å². The van der Waals surface area contributed by atoms with Crippen LogP contribution in [0.3, 0.4) is 0 Å². The quantitative estimate of drug-likeness (QED) is 0.727. The molecule has 2 aromatic heterocycles. The lowest BCUT2D eigenvalue weighted by Crippen LogP contribution is -2.10. The van der Waals surface area contributed by atoms with Gasteiger partial charge in [0.1, 0.15) is 0 Å². The third-order valence-electron chi connectivity index (χ3n) is 3.32. The van der Waals surface area contributed by atoms with Crippen molar-refractivity contribution < 1.29 is 0 Å². The van der Waals surface area contributed by atoms with Crippen LogP contribution in [0.25, 0.3) is 5.52 Å². The van der Waals surface area contributed by atoms with E-state index < -0.39 is 0 Å². The van der Waals surface area contributed by atoms with Gasteiger partial charge in [0.15, 0.2) is 0 Å². The number of hydrogen-bond donors (Lipinski definition) is 1. The molecule has 1 aromatic carbocycles. The molecule has 0 radical (unpaired) electrons. The fourth-order valence-electron chi connectivity index (χ4n) is 2.21. The van der Waals surface area contributed by atoms with Gasteiger partial charge in [-0.1, -0.05) is 35.9 Å². The summed E-state index contributed by atoms with van der Waals surface area (Å²) in [5, 5.41) is 0. The highest BCUT2D eigenvalue weighted by Gasteiger charge is 2.10. The molecule has 3 rings (SSSR count). The van der Waals surface area contributed by atoms with Gasteiger partial charge in [-0.2, -0.15) is 0 Å². The van der Waals surface area contributed by atoms with Gasteiger partial charge in [-0.15, -0.1) is 0 Å². The van der Waals surface area contributed by atoms with Gasteiger partial charge in [-0.25, -0.2) is 0 Å². The predicted octanol–water partition coefficient (Wildman–Crippen LogP) is 3.30. The first-order valence-corrected chi connectivity index (χ1v) is 6.13. The zero-order chi connectivity index (χ0) is 12.5. The minimum absolute atomic E-state index is 0.0644. The molecule has 18 heavy (non-hydrogen) atoms. The Morgan fingerprint density at radius 3 is 2.50 bits per heavy atom. The lowest BCUT2D eigenvalue weighted by atomic mass is 10.0. The first kappa shape index (κ1) is 11.1. The van der Waals surface area contributed by atoms with Crippen molar-refractivity contribution in [1.82, 2.24) is 4.40 Å². The Balaban J connectivity index is 2.00. The molecule has 2 nitrogen and oxygen atoms in total. The highest BCUT2D eigenvalue weighted by atomic mass is 14.9. The van der Waals surface area contributed by atoms with Crippen LogP contribution in [0.2, 0.25) is 0 Å². The SMILES string of the molecule is Cc1ccc(C(N)c2cc3ccccn3c2)cc1. The third kappa shape index (κ3) is 1.91. The monoisotopic (exact) mass is 236 g/mol. The molecule has 0 saturated carbocycles. The molecule has 0 aliphatic heterocycles. The average molecular weight is 236 g/mol. The molecule has 0 aliphatic carbocycles. The van der Waals surface area contributed by atoms with Crippen molar-refractivity contribution in [1.29, 1.82) is 0 Å². The summed E-state index contributed by atoms with van der Waals surface area (Å²) in [6, 6.07) is 16.6. The molecule has 2 N–H and O–H groups in total. The smallest absolute Gasteiger partial charge is 0.0567 e. The highest BCUT2D eigenvalue weighted by molar-refractivity contribution is 5.52. The fourth-order valence-corrected chi connectivity index (χ4v) is 2.21. The van der Waals surface area contributed by atoms with Crippen molar-refractivity contribution in [2.45, 2.75) is 13.0 Å². The zero-order valence-electron chi connectivity index (χ0n) is 10.4. The Labute approximate surface area is 107 Å². The van der Waals surface area contributed by atoms with E-state index >= 15 is 0 Å². The summed E-state index contributed by atoms with van der Waals surface area (Å²) in [7, 11) is 0. The average Bonchev–Trinajstić information content (AvgIpc) is 2.82. The second-order valence-electron chi connectivity index (χ2n) is 4.69. The van der Waals surface area contributed by atoms with Crippen LogP contribution in [-0.4, -0.2) is 4.40 Å². The first-order chi connectivity index (χ1) is 8.74. The van der Waals surface area contributed by atoms with Gasteiger partial charge < -0.3 is 10.1 Å². The molecule has 1 atom stereocenters. The molecule has 0 amide bonds. The third-order valence-corrected chi connectivity index (χ3v) is 3.32. The fraction of sp³-hybridized carbons (Fsp3) is 0.125. The van der Waals surface area contributed by atoms with Crippen molar-refractivity contribution in [2.75, 3.05) is 0 Å². The van der Waals surface area contributed by atoms with Gasteiger partial charge >= 0.3 is 0 Å². The van der Waals surface area contributed by atoms with Gasteiger partial charge in [0.25, 0.3) is 0 Å². The number of nitrogens with two attached hydrogens (primary N) is 1. The molecule has 0 spiro atoms. The Bertz CT molecular complexity index is 632. The van der Waals surface area contributed by atoms with Crippen molar-refractivity contribution in [3.8, 4) is 0 Å². The van der Waals surface area contributed by atoms with Crippen LogP contribution < -0.4 is 5.73 Å². The number of pyridine rings is 1. The summed E-state index contributed by atoms with van der Waals surface area (Å²) >= 11 is 0. The van der Waals surface area contributed by atoms with Crippen LogP contribution in [0.4, 0.5) is 0 Å². The van der Waals surface area contributed by atoms with E-state index in [4.69, 9.17) is 5.73 Å². The Hall–Kier alpha value is -2.06. The summed E-state index contributed by atoms with van der Waals surface area (Å²) < 4.78 is 2.10. The maximum Gasteiger partial charge on any atom is 0.0567 e. The number of aromatic nitrogens is 1. The molecule has 0 aliphatic rings. The van der Waals surface area contributed by atoms with Gasteiger partial charge in [0.2, 0.25) is 0 Å². The molecule has 3 aromatic rings. The second kappa shape index (κ2) is 4.31. The number of rotatable bonds is 2. The van der Waals surface area contributed by atoms with Crippen molar-refractivity contribution >= 4 is 5.52 Å². The molecule has 0 bridgehead atoms. The summed E-state index contributed by atoms with van der Waals surface area (Å²) in [5.74, 6) is 0. The van der Waals surface area contributed by atoms with Crippen LogP contribution in [0, 0.1) is 6.92 Å². The first-order valence-electron chi connectivity index (χ1n) is 6.13. The lowest BCUT2D eigenvalue weighted by molar-refractivity contribution is 0.870. The van der Waals surface area contributed by atoms with E-state index in [1.54, 1.807) is 0 Å². The van der Waals surface area contributed by atoms with Crippen molar-refractivity contribution in [3.63, 3.8) is 0 Å². The normalized spacial score (nSPS) is 12.8. The molecular weight excluding hydrogens is 220 g/mol. The van der Waals surface area contributed by atoms with E-state index in [0.717, 1.165) is 11.1 Å². The Morgan fingerprint density at radius 2 is 1.78 bits per heavy atom. The van der Waals surface area contributed by atoms with Crippen LogP contribution >= 0.6 is 0 Å². The van der Waals surface area contributed by atoms with E-state index in [1.807, 2.05) is 18.3 Å². The summed E-state index contributed by atoms with van der Waals surface area (Å²) in [5.41, 5.74) is 11.0. The molecule has 2 heterocycles. The van der Waals surface area contributed by atoms with Crippen LogP contribution in [0.5, 0.6) is 0 Å². The minimum Gasteiger partial charge on any atom is -0.324 e. The Morgan fingerprint density at radius 1 is 1.00 bits per heavy atom. The van der Waals surface area contributed by atoms with Crippen LogP contribution in [0.1, 0.15) is 22.7 Å². The van der Waals surface area contributed by atoms with Gasteiger partial charge in [0, 0.05) is 17.9 Å². The summed E-state index contributed by atoms with van der Waals surface area (Å²) in [6.07, 6.45) is 4.14. The largest absolute Gasteiger partial charge is 0.324 e. The molecule has 90 valence electrons. The highest BCUT2D eigenvalue weighted by Crippen LogP contribution is 2.22. The maximum atomic E-state index is 6.32. The minimum atomic E-state index is -0.0644. The molecule has 0 saturated heterocycles. The molecular formula is C16H16N2. The van der Waals surface area contributed by atoms with Crippen molar-refractivity contribution in [3.05, 3.63) is 77.6 Å². The van der Waals surface area contributed by atoms with E-state index in [2.05, 4.69) is 53.9 Å². The van der Waals surface area contributed by atoms with Gasteiger partial charge in [0.05, 0.1) is 6.04 Å². The van der Waals surface area contributed by atoms with Crippen molar-refractivity contribution in [2.24, 2.45) is 5.73 Å². The molecule has 2 heteroatoms. The second-order valence-corrected chi connectivity index (χ2v) is 4.69. The summed E-state index contributed by atoms with van der Waals surface area (Å²) in [6.45, 7) is 2.09. The molecule has 1 unspecified atom stereocenters. The standard InChI is InChI=1S/C16H16N2/c1-12-5-7-13(8-6-12)16(17)14-10-15-4-2-3-9-18(15)11-14/h2-11,16H,17H2,1H3. The lowest BCUT2D eigenvalue weighted by Gasteiger charge is -2.10. The topological polar surface area (TPSA) is 30.4 Å². The molecule has 0 fully saturated rings. The van der Waals surface area contributed by atoms with E-state index in [1.165, 1.54) is 11.1 Å². The number of benzene rings is 1. The van der Waals surface area contributed by atoms with Gasteiger partial charge in [-0.05, 0) is 36.2 Å². The zero-order valence-corrected chi connectivity index (χ0v) is 10.4. The van der Waals surface area contributed by atoms with Crippen LogP contribution in [0.15, 0.2) is 60.9 Å². The number of nitrogens with zero attached hydrogens (tertiary/aromatic N) is 1. The Kier molecular flexibility index (Phi) is 2.65. The van der Waals surface area contributed by atoms with E-state index in [9.17, 15) is 0 Å². The number of hydrogen-bond acceptors (Lipinski definition) is 1. The van der Waals surface area contributed by atoms with Crippen LogP contribution in [-0.2, 0) is 0 Å². The number of fused-ring (bicyclic) bond motifs is 1. The maximum absolute atomic E-state index is 6.32.